The molecule has 0 heterocycles. The van der Waals surface area contributed by atoms with Gasteiger partial charge in [-0.3, -0.25) is 10.8 Å². The van der Waals surface area contributed by atoms with E-state index >= 15 is 0 Å². The van der Waals surface area contributed by atoms with Crippen molar-refractivity contribution in [2.45, 2.75) is 6.42 Å². The summed E-state index contributed by atoms with van der Waals surface area (Å²) in [7, 11) is 0. The van der Waals surface area contributed by atoms with Crippen LogP contribution in [-0.2, 0) is 0 Å². The maximum absolute atomic E-state index is 8.66. The summed E-state index contributed by atoms with van der Waals surface area (Å²) in [5.41, 5.74) is 0.976. The van der Waals surface area contributed by atoms with Crippen molar-refractivity contribution >= 4 is 11.4 Å². The van der Waals surface area contributed by atoms with Gasteiger partial charge in [0.1, 0.15) is 35.1 Å². The van der Waals surface area contributed by atoms with Crippen molar-refractivity contribution in [3.8, 4) is 23.6 Å². The molecule has 2 N–H and O–H groups in total. The van der Waals surface area contributed by atoms with Crippen LogP contribution in [0.15, 0.2) is 48.5 Å². The molecule has 6 heteroatoms. The van der Waals surface area contributed by atoms with Crippen LogP contribution in [0.4, 0.5) is 0 Å². The van der Waals surface area contributed by atoms with Gasteiger partial charge in [-0.25, -0.2) is 0 Å². The second-order valence-electron chi connectivity index (χ2n) is 5.07. The fourth-order valence-electron chi connectivity index (χ4n) is 2.00. The van der Waals surface area contributed by atoms with Crippen LogP contribution in [0.5, 0.6) is 11.5 Å². The van der Waals surface area contributed by atoms with Crippen LogP contribution in [0.3, 0.4) is 0 Å². The van der Waals surface area contributed by atoms with Crippen LogP contribution in [0.2, 0.25) is 0 Å². The van der Waals surface area contributed by atoms with Gasteiger partial charge in [0.2, 0.25) is 0 Å². The topological polar surface area (TPSA) is 114 Å². The average molecular weight is 332 g/mol. The van der Waals surface area contributed by atoms with Crippen molar-refractivity contribution in [1.82, 2.24) is 0 Å². The minimum Gasteiger partial charge on any atom is -0.493 e. The van der Waals surface area contributed by atoms with E-state index in [9.17, 15) is 0 Å². The Kier molecular flexibility index (Phi) is 6.27. The SMILES string of the molecule is N#CC(=N)c1ccc(OCCCOc2ccc(C(=N)C#N)cc2)cc1. The Hall–Kier alpha value is -3.64. The summed E-state index contributed by atoms with van der Waals surface area (Å²) >= 11 is 0. The normalized spacial score (nSPS) is 9.52. The fourth-order valence-corrected chi connectivity index (χ4v) is 2.00. The zero-order chi connectivity index (χ0) is 18.1. The van der Waals surface area contributed by atoms with E-state index in [1.165, 1.54) is 0 Å². The number of nitriles is 2. The minimum atomic E-state index is -0.0733. The molecule has 2 aromatic rings. The molecule has 0 aliphatic rings. The smallest absolute Gasteiger partial charge is 0.139 e. The van der Waals surface area contributed by atoms with Crippen molar-refractivity contribution in [3.63, 3.8) is 0 Å². The monoisotopic (exact) mass is 332 g/mol. The molecule has 2 aromatic carbocycles. The molecule has 2 rings (SSSR count). The Morgan fingerprint density at radius 2 is 1.08 bits per heavy atom. The maximum Gasteiger partial charge on any atom is 0.139 e. The fraction of sp³-hybridized carbons (Fsp3) is 0.158. The highest BCUT2D eigenvalue weighted by molar-refractivity contribution is 6.09. The summed E-state index contributed by atoms with van der Waals surface area (Å²) in [6.07, 6.45) is 0.686. The van der Waals surface area contributed by atoms with E-state index in [1.54, 1.807) is 60.7 Å². The number of hydrogen-bond acceptors (Lipinski definition) is 6. The van der Waals surface area contributed by atoms with E-state index in [-0.39, 0.29) is 11.4 Å². The van der Waals surface area contributed by atoms with E-state index in [1.807, 2.05) is 0 Å². The zero-order valence-electron chi connectivity index (χ0n) is 13.5. The molecule has 0 aliphatic carbocycles. The lowest BCUT2D eigenvalue weighted by atomic mass is 10.1. The van der Waals surface area contributed by atoms with Crippen molar-refractivity contribution in [1.29, 1.82) is 21.3 Å². The van der Waals surface area contributed by atoms with Gasteiger partial charge in [0.15, 0.2) is 0 Å². The van der Waals surface area contributed by atoms with Crippen molar-refractivity contribution in [3.05, 3.63) is 59.7 Å². The van der Waals surface area contributed by atoms with Gasteiger partial charge in [0, 0.05) is 17.5 Å². The van der Waals surface area contributed by atoms with E-state index in [2.05, 4.69) is 0 Å². The summed E-state index contributed by atoms with van der Waals surface area (Å²) in [5, 5.41) is 32.2. The standard InChI is InChI=1S/C19H16N4O2/c20-12-18(22)14-2-6-16(7-3-14)24-10-1-11-25-17-8-4-15(5-9-17)19(23)13-21/h2-9,22-23H,1,10-11H2. The average Bonchev–Trinajstić information content (AvgIpc) is 2.67. The lowest BCUT2D eigenvalue weighted by Gasteiger charge is -2.08. The van der Waals surface area contributed by atoms with Gasteiger partial charge in [-0.05, 0) is 48.5 Å². The first-order valence-corrected chi connectivity index (χ1v) is 7.58. The van der Waals surface area contributed by atoms with E-state index < -0.39 is 0 Å². The molecule has 0 aromatic heterocycles. The molecule has 0 fully saturated rings. The van der Waals surface area contributed by atoms with E-state index in [4.69, 9.17) is 30.8 Å². The van der Waals surface area contributed by atoms with Crippen LogP contribution in [0.1, 0.15) is 17.5 Å². The molecule has 0 bridgehead atoms. The summed E-state index contributed by atoms with van der Waals surface area (Å²) in [4.78, 5) is 0. The van der Waals surface area contributed by atoms with Gasteiger partial charge < -0.3 is 9.47 Å². The second-order valence-corrected chi connectivity index (χ2v) is 5.07. The van der Waals surface area contributed by atoms with Crippen molar-refractivity contribution < 1.29 is 9.47 Å². The molecule has 6 nitrogen and oxygen atoms in total. The zero-order valence-corrected chi connectivity index (χ0v) is 13.5. The van der Waals surface area contributed by atoms with Crippen LogP contribution >= 0.6 is 0 Å². The van der Waals surface area contributed by atoms with Gasteiger partial charge in [-0.2, -0.15) is 10.5 Å². The Morgan fingerprint density at radius 1 is 0.720 bits per heavy atom. The Balaban J connectivity index is 1.71. The van der Waals surface area contributed by atoms with Crippen LogP contribution in [0, 0.1) is 33.5 Å². The number of nitrogens with zero attached hydrogens (tertiary/aromatic N) is 2. The minimum absolute atomic E-state index is 0.0733. The highest BCUT2D eigenvalue weighted by Crippen LogP contribution is 2.14. The molecule has 0 amide bonds. The first-order valence-electron chi connectivity index (χ1n) is 7.58. The van der Waals surface area contributed by atoms with Gasteiger partial charge in [-0.15, -0.1) is 0 Å². The molecular formula is C19H16N4O2. The first kappa shape index (κ1) is 17.7. The molecule has 0 aliphatic heterocycles. The molecule has 0 saturated carbocycles. The second kappa shape index (κ2) is 8.85. The number of ether oxygens (including phenoxy) is 2. The highest BCUT2D eigenvalue weighted by Gasteiger charge is 2.02. The predicted molar refractivity (Wildman–Crippen MR) is 93.4 cm³/mol. The molecular weight excluding hydrogens is 316 g/mol. The number of benzene rings is 2. The Bertz CT molecular complexity index is 756. The third-order valence-electron chi connectivity index (χ3n) is 3.34. The molecule has 0 atom stereocenters. The van der Waals surface area contributed by atoms with Gasteiger partial charge in [-0.1, -0.05) is 0 Å². The van der Waals surface area contributed by atoms with Crippen molar-refractivity contribution in [2.24, 2.45) is 0 Å². The van der Waals surface area contributed by atoms with Crippen molar-refractivity contribution in [2.75, 3.05) is 13.2 Å². The largest absolute Gasteiger partial charge is 0.493 e. The van der Waals surface area contributed by atoms with Gasteiger partial charge in [0.05, 0.1) is 13.2 Å². The number of rotatable bonds is 8. The lowest BCUT2D eigenvalue weighted by Crippen LogP contribution is -2.05. The molecule has 25 heavy (non-hydrogen) atoms. The highest BCUT2D eigenvalue weighted by atomic mass is 16.5. The maximum atomic E-state index is 8.66. The number of hydrogen-bond donors (Lipinski definition) is 2. The Morgan fingerprint density at radius 3 is 1.40 bits per heavy atom. The molecule has 0 spiro atoms. The lowest BCUT2D eigenvalue weighted by molar-refractivity contribution is 0.247. The van der Waals surface area contributed by atoms with E-state index in [0.29, 0.717) is 42.3 Å². The van der Waals surface area contributed by atoms with Crippen LogP contribution in [0.25, 0.3) is 0 Å². The van der Waals surface area contributed by atoms with Gasteiger partial charge in [0.25, 0.3) is 0 Å². The summed E-state index contributed by atoms with van der Waals surface area (Å²) < 4.78 is 11.2. The van der Waals surface area contributed by atoms with Crippen LogP contribution < -0.4 is 9.47 Å². The number of nitrogens with one attached hydrogen (secondary N) is 2. The predicted octanol–water partition coefficient (Wildman–Crippen LogP) is 3.32. The molecule has 124 valence electrons. The third-order valence-corrected chi connectivity index (χ3v) is 3.34. The first-order chi connectivity index (χ1) is 12.1. The molecule has 0 saturated heterocycles. The molecule has 0 unspecified atom stereocenters. The molecule has 0 radical (unpaired) electrons. The van der Waals surface area contributed by atoms with Crippen LogP contribution in [-0.4, -0.2) is 24.6 Å². The third kappa shape index (κ3) is 5.19. The Labute approximate surface area is 145 Å². The summed E-state index contributed by atoms with van der Waals surface area (Å²) in [6.45, 7) is 0.957. The summed E-state index contributed by atoms with van der Waals surface area (Å²) in [6, 6.07) is 17.2. The van der Waals surface area contributed by atoms with Gasteiger partial charge >= 0.3 is 0 Å². The quantitative estimate of drug-likeness (QED) is 0.570. The van der Waals surface area contributed by atoms with E-state index in [0.717, 1.165) is 0 Å². The summed E-state index contributed by atoms with van der Waals surface area (Å²) in [5.74, 6) is 1.35.